The molecule has 0 atom stereocenters. The average Bonchev–Trinajstić information content (AvgIpc) is 3.32. The van der Waals surface area contributed by atoms with Gasteiger partial charge in [0.15, 0.2) is 9.66 Å². The summed E-state index contributed by atoms with van der Waals surface area (Å²) in [5, 5.41) is 4.06. The molecular formula is C22H12N4S2. The highest BCUT2D eigenvalue weighted by Gasteiger charge is 2.15. The molecule has 0 bridgehead atoms. The molecule has 4 nitrogen and oxygen atoms in total. The lowest BCUT2D eigenvalue weighted by molar-refractivity contribution is 1.37. The Morgan fingerprint density at radius 2 is 0.929 bits per heavy atom. The second-order valence-corrected chi connectivity index (χ2v) is 8.38. The topological polar surface area (TPSA) is 51.6 Å². The van der Waals surface area contributed by atoms with E-state index in [2.05, 4.69) is 24.3 Å². The number of thiazole rings is 2. The molecule has 0 fully saturated rings. The summed E-state index contributed by atoms with van der Waals surface area (Å²) < 4.78 is 0. The van der Waals surface area contributed by atoms with E-state index in [1.165, 1.54) is 0 Å². The summed E-state index contributed by atoms with van der Waals surface area (Å²) >= 11 is 3.15. The third-order valence-corrected chi connectivity index (χ3v) is 6.68. The molecule has 0 aliphatic heterocycles. The van der Waals surface area contributed by atoms with E-state index in [-0.39, 0.29) is 0 Å². The van der Waals surface area contributed by atoms with Crippen LogP contribution < -0.4 is 0 Å². The zero-order valence-corrected chi connectivity index (χ0v) is 16.2. The summed E-state index contributed by atoms with van der Waals surface area (Å²) in [5.74, 6) is 0. The normalized spacial score (nSPS) is 11.6. The first kappa shape index (κ1) is 15.8. The molecule has 0 saturated carbocycles. The molecule has 0 amide bonds. The lowest BCUT2D eigenvalue weighted by atomic mass is 10.2. The maximum atomic E-state index is 4.78. The van der Waals surface area contributed by atoms with Crippen molar-refractivity contribution in [2.24, 2.45) is 0 Å². The van der Waals surface area contributed by atoms with Crippen LogP contribution in [0.1, 0.15) is 0 Å². The monoisotopic (exact) mass is 396 g/mol. The van der Waals surface area contributed by atoms with Gasteiger partial charge in [-0.25, -0.2) is 19.9 Å². The van der Waals surface area contributed by atoms with Crippen molar-refractivity contribution in [3.63, 3.8) is 0 Å². The van der Waals surface area contributed by atoms with Crippen molar-refractivity contribution >= 4 is 54.1 Å². The zero-order valence-electron chi connectivity index (χ0n) is 14.5. The van der Waals surface area contributed by atoms with Gasteiger partial charge in [-0.15, -0.1) is 0 Å². The molecule has 0 spiro atoms. The van der Waals surface area contributed by atoms with Gasteiger partial charge < -0.3 is 0 Å². The summed E-state index contributed by atoms with van der Waals surface area (Å²) in [4.78, 5) is 20.9. The molecular weight excluding hydrogens is 384 g/mol. The van der Waals surface area contributed by atoms with Gasteiger partial charge in [0.05, 0.1) is 22.4 Å². The van der Waals surface area contributed by atoms with E-state index in [4.69, 9.17) is 19.9 Å². The Balaban J connectivity index is 1.41. The number of pyridine rings is 2. The van der Waals surface area contributed by atoms with Crippen molar-refractivity contribution in [1.82, 2.24) is 19.9 Å². The molecule has 0 saturated heterocycles. The molecule has 6 aromatic rings. The number of hydrogen-bond acceptors (Lipinski definition) is 6. The lowest BCUT2D eigenvalue weighted by Gasteiger charge is -2.00. The Morgan fingerprint density at radius 3 is 1.43 bits per heavy atom. The van der Waals surface area contributed by atoms with Crippen LogP contribution in [-0.4, -0.2) is 19.9 Å². The first-order chi connectivity index (χ1) is 13.8. The van der Waals surface area contributed by atoms with Gasteiger partial charge in [0, 0.05) is 10.8 Å². The van der Waals surface area contributed by atoms with E-state index in [1.54, 1.807) is 22.7 Å². The van der Waals surface area contributed by atoms with E-state index in [0.717, 1.165) is 52.9 Å². The van der Waals surface area contributed by atoms with Gasteiger partial charge in [-0.05, 0) is 24.3 Å². The van der Waals surface area contributed by atoms with Crippen LogP contribution in [0.15, 0.2) is 72.8 Å². The summed E-state index contributed by atoms with van der Waals surface area (Å²) in [7, 11) is 0. The molecule has 132 valence electrons. The second-order valence-electron chi connectivity index (χ2n) is 6.43. The van der Waals surface area contributed by atoms with E-state index in [1.807, 2.05) is 48.5 Å². The van der Waals surface area contributed by atoms with Gasteiger partial charge in [0.25, 0.3) is 0 Å². The summed E-state index contributed by atoms with van der Waals surface area (Å²) in [6.07, 6.45) is 0. The van der Waals surface area contributed by atoms with E-state index >= 15 is 0 Å². The van der Waals surface area contributed by atoms with Gasteiger partial charge in [-0.1, -0.05) is 71.2 Å². The minimum Gasteiger partial charge on any atom is -0.245 e. The largest absolute Gasteiger partial charge is 0.245 e. The maximum Gasteiger partial charge on any atom is 0.156 e. The van der Waals surface area contributed by atoms with Crippen LogP contribution in [0.25, 0.3) is 52.9 Å². The van der Waals surface area contributed by atoms with Gasteiger partial charge >= 0.3 is 0 Å². The highest BCUT2D eigenvalue weighted by atomic mass is 32.1. The Kier molecular flexibility index (Phi) is 3.47. The predicted octanol–water partition coefficient (Wildman–Crippen LogP) is 6.18. The van der Waals surface area contributed by atoms with Crippen LogP contribution in [0.5, 0.6) is 0 Å². The van der Waals surface area contributed by atoms with Gasteiger partial charge in [0.1, 0.15) is 10.0 Å². The van der Waals surface area contributed by atoms with Crippen molar-refractivity contribution in [3.8, 4) is 21.4 Å². The third kappa shape index (κ3) is 2.58. The van der Waals surface area contributed by atoms with E-state index in [9.17, 15) is 0 Å². The van der Waals surface area contributed by atoms with Crippen LogP contribution >= 0.6 is 22.7 Å². The molecule has 6 heteroatoms. The Bertz CT molecular complexity index is 1340. The lowest BCUT2D eigenvalue weighted by Crippen LogP contribution is -1.84. The van der Waals surface area contributed by atoms with Crippen molar-refractivity contribution in [1.29, 1.82) is 0 Å². The molecule has 6 rings (SSSR count). The number of hydrogen-bond donors (Lipinski definition) is 0. The highest BCUT2D eigenvalue weighted by Crippen LogP contribution is 2.36. The van der Waals surface area contributed by atoms with E-state index in [0.29, 0.717) is 0 Å². The first-order valence-electron chi connectivity index (χ1n) is 8.83. The molecule has 28 heavy (non-hydrogen) atoms. The summed E-state index contributed by atoms with van der Waals surface area (Å²) in [6.45, 7) is 0. The molecule has 0 unspecified atom stereocenters. The predicted molar refractivity (Wildman–Crippen MR) is 117 cm³/mol. The third-order valence-electron chi connectivity index (χ3n) is 4.61. The quantitative estimate of drug-likeness (QED) is 0.350. The molecule has 0 aliphatic rings. The Hall–Kier alpha value is -3.22. The van der Waals surface area contributed by atoms with Gasteiger partial charge in [0.2, 0.25) is 0 Å². The molecule has 0 N–H and O–H groups in total. The van der Waals surface area contributed by atoms with Crippen molar-refractivity contribution in [2.45, 2.75) is 0 Å². The second kappa shape index (κ2) is 6.15. The van der Waals surface area contributed by atoms with Crippen LogP contribution in [-0.2, 0) is 0 Å². The van der Waals surface area contributed by atoms with E-state index < -0.39 is 0 Å². The highest BCUT2D eigenvalue weighted by molar-refractivity contribution is 7.29. The maximum absolute atomic E-state index is 4.78. The van der Waals surface area contributed by atoms with Crippen molar-refractivity contribution < 1.29 is 0 Å². The molecule has 0 radical (unpaired) electrons. The summed E-state index contributed by atoms with van der Waals surface area (Å²) in [5.41, 5.74) is 3.73. The van der Waals surface area contributed by atoms with Crippen LogP contribution in [0.3, 0.4) is 0 Å². The van der Waals surface area contributed by atoms with Crippen LogP contribution in [0, 0.1) is 0 Å². The first-order valence-corrected chi connectivity index (χ1v) is 10.5. The van der Waals surface area contributed by atoms with Crippen LogP contribution in [0.2, 0.25) is 0 Å². The molecule has 2 aromatic carbocycles. The number of aromatic nitrogens is 4. The molecule has 0 aliphatic carbocycles. The Morgan fingerprint density at radius 1 is 0.464 bits per heavy atom. The number of rotatable bonds is 2. The number of benzene rings is 2. The number of fused-ring (bicyclic) bond motifs is 3. The molecule has 4 heterocycles. The minimum absolute atomic E-state index is 0.888. The van der Waals surface area contributed by atoms with Crippen LogP contribution in [0.4, 0.5) is 0 Å². The fraction of sp³-hybridized carbons (Fsp3) is 0. The fourth-order valence-electron chi connectivity index (χ4n) is 3.23. The van der Waals surface area contributed by atoms with Gasteiger partial charge in [-0.3, -0.25) is 0 Å². The SMILES string of the molecule is c1ccc2nc(-c3nc4sc(-c5ccc6ccccc6n5)nc4s3)ccc2c1. The summed E-state index contributed by atoms with van der Waals surface area (Å²) in [6, 6.07) is 24.5. The standard InChI is InChI=1S/C22H12N4S2/c1-3-7-15-13(5-1)9-11-17(23-15)19-25-21-22(27-19)26-20(28-21)18-12-10-14-6-2-4-8-16(14)24-18/h1-12H. The zero-order chi connectivity index (χ0) is 18.5. The number of para-hydroxylation sites is 2. The Labute approximate surface area is 168 Å². The average molecular weight is 397 g/mol. The fourth-order valence-corrected chi connectivity index (χ4v) is 5.21. The molecule has 4 aromatic heterocycles. The smallest absolute Gasteiger partial charge is 0.156 e. The number of nitrogens with zero attached hydrogens (tertiary/aromatic N) is 4. The van der Waals surface area contributed by atoms with Crippen molar-refractivity contribution in [2.75, 3.05) is 0 Å². The van der Waals surface area contributed by atoms with Gasteiger partial charge in [-0.2, -0.15) is 0 Å². The van der Waals surface area contributed by atoms with Crippen molar-refractivity contribution in [3.05, 3.63) is 72.8 Å². The minimum atomic E-state index is 0.888.